The van der Waals surface area contributed by atoms with Gasteiger partial charge in [-0.3, -0.25) is 9.89 Å². The van der Waals surface area contributed by atoms with Crippen molar-refractivity contribution in [3.05, 3.63) is 41.7 Å². The van der Waals surface area contributed by atoms with Crippen molar-refractivity contribution in [2.45, 2.75) is 51.2 Å². The number of amides is 1. The monoisotopic (exact) mass is 498 g/mol. The Balaban J connectivity index is 1.58. The molecule has 34 heavy (non-hydrogen) atoms. The van der Waals surface area contributed by atoms with Crippen LogP contribution in [0.4, 0.5) is 13.2 Å². The molecular formula is C23H29F3N4O3S. The van der Waals surface area contributed by atoms with Crippen LogP contribution in [0.25, 0.3) is 11.1 Å². The molecule has 1 aromatic carbocycles. The number of piperidine rings is 2. The van der Waals surface area contributed by atoms with Crippen LogP contribution in [0.3, 0.4) is 0 Å². The lowest BCUT2D eigenvalue weighted by Gasteiger charge is -2.44. The van der Waals surface area contributed by atoms with E-state index in [9.17, 15) is 26.4 Å². The first-order valence-electron chi connectivity index (χ1n) is 11.4. The number of sulfonamides is 1. The molecule has 0 radical (unpaired) electrons. The predicted molar refractivity (Wildman–Crippen MR) is 121 cm³/mol. The molecule has 4 rings (SSSR count). The van der Waals surface area contributed by atoms with Crippen LogP contribution >= 0.6 is 0 Å². The number of nitrogens with one attached hydrogen (secondary N) is 1. The molecule has 2 aromatic rings. The standard InChI is InChI=1S/C23H29F3N4O3S/c1-22(10-13-29(14-11-22)34(2,32)33)21(31)30-12-4-3-5-19(30)20-18(15-27-28-20)16-6-8-17(9-7-16)23(24,25)26/h6-9,15,19H,3-5,10-14H2,1-2H3,(H,27,28). The van der Waals surface area contributed by atoms with E-state index in [1.807, 2.05) is 11.8 Å². The van der Waals surface area contributed by atoms with E-state index in [2.05, 4.69) is 10.2 Å². The second-order valence-corrected chi connectivity index (χ2v) is 11.5. The van der Waals surface area contributed by atoms with E-state index in [4.69, 9.17) is 0 Å². The van der Waals surface area contributed by atoms with E-state index in [1.165, 1.54) is 22.7 Å². The van der Waals surface area contributed by atoms with E-state index in [0.29, 0.717) is 55.7 Å². The summed E-state index contributed by atoms with van der Waals surface area (Å²) in [5.74, 6) is -0.0154. The maximum atomic E-state index is 13.7. The molecule has 0 bridgehead atoms. The second-order valence-electron chi connectivity index (χ2n) is 9.51. The summed E-state index contributed by atoms with van der Waals surface area (Å²) in [6.45, 7) is 3.07. The summed E-state index contributed by atoms with van der Waals surface area (Å²) < 4.78 is 64.1. The van der Waals surface area contributed by atoms with Crippen molar-refractivity contribution < 1.29 is 26.4 Å². The average Bonchev–Trinajstić information content (AvgIpc) is 3.27. The number of aromatic nitrogens is 2. The van der Waals surface area contributed by atoms with Gasteiger partial charge in [0.1, 0.15) is 0 Å². The first-order chi connectivity index (χ1) is 15.9. The summed E-state index contributed by atoms with van der Waals surface area (Å²) >= 11 is 0. The van der Waals surface area contributed by atoms with E-state index < -0.39 is 27.2 Å². The fourth-order valence-electron chi connectivity index (χ4n) is 4.97. The number of H-pyrrole nitrogens is 1. The Kier molecular flexibility index (Phi) is 6.54. The minimum absolute atomic E-state index is 0.0154. The van der Waals surface area contributed by atoms with Crippen LogP contribution in [-0.4, -0.2) is 59.6 Å². The molecule has 1 atom stereocenters. The molecule has 1 aromatic heterocycles. The molecule has 0 aliphatic carbocycles. The van der Waals surface area contributed by atoms with E-state index in [-0.39, 0.29) is 11.9 Å². The Morgan fingerprint density at radius 3 is 2.35 bits per heavy atom. The predicted octanol–water partition coefficient (Wildman–Crippen LogP) is 4.21. The number of carbonyl (C=O) groups excluding carboxylic acids is 1. The second kappa shape index (κ2) is 8.99. The zero-order chi connectivity index (χ0) is 24.7. The normalized spacial score (nSPS) is 22.0. The number of nitrogens with zero attached hydrogens (tertiary/aromatic N) is 3. The lowest BCUT2D eigenvalue weighted by atomic mass is 9.78. The smallest absolute Gasteiger partial charge is 0.334 e. The third-order valence-corrected chi connectivity index (χ3v) is 8.40. The van der Waals surface area contributed by atoms with E-state index in [1.54, 1.807) is 6.20 Å². The first-order valence-corrected chi connectivity index (χ1v) is 13.2. The first kappa shape index (κ1) is 24.7. The topological polar surface area (TPSA) is 86.4 Å². The summed E-state index contributed by atoms with van der Waals surface area (Å²) in [7, 11) is -3.30. The van der Waals surface area contributed by atoms with E-state index in [0.717, 1.165) is 25.0 Å². The van der Waals surface area contributed by atoms with Gasteiger partial charge < -0.3 is 4.90 Å². The number of benzene rings is 1. The molecule has 0 saturated carbocycles. The van der Waals surface area contributed by atoms with Crippen molar-refractivity contribution in [2.24, 2.45) is 5.41 Å². The maximum Gasteiger partial charge on any atom is 0.416 e. The lowest BCUT2D eigenvalue weighted by molar-refractivity contribution is -0.147. The Morgan fingerprint density at radius 2 is 1.76 bits per heavy atom. The molecule has 2 aliphatic heterocycles. The summed E-state index contributed by atoms with van der Waals surface area (Å²) in [5, 5.41) is 7.14. The number of hydrogen-bond donors (Lipinski definition) is 1. The van der Waals surface area contributed by atoms with Gasteiger partial charge in [-0.05, 0) is 49.8 Å². The molecular weight excluding hydrogens is 469 g/mol. The van der Waals surface area contributed by atoms with Crippen LogP contribution in [0.1, 0.15) is 56.3 Å². The Bertz CT molecular complexity index is 1140. The van der Waals surface area contributed by atoms with Crippen LogP contribution in [-0.2, 0) is 21.0 Å². The molecule has 2 aliphatic rings. The minimum Gasteiger partial charge on any atom is -0.334 e. The summed E-state index contributed by atoms with van der Waals surface area (Å²) in [6.07, 6.45) is 1.73. The van der Waals surface area contributed by atoms with Crippen LogP contribution in [0.15, 0.2) is 30.5 Å². The molecule has 3 heterocycles. The van der Waals surface area contributed by atoms with Crippen LogP contribution in [0.2, 0.25) is 0 Å². The van der Waals surface area contributed by atoms with Gasteiger partial charge >= 0.3 is 6.18 Å². The average molecular weight is 499 g/mol. The minimum atomic E-state index is -4.41. The lowest BCUT2D eigenvalue weighted by Crippen LogP contribution is -2.51. The molecule has 186 valence electrons. The number of halogens is 3. The summed E-state index contributed by atoms with van der Waals surface area (Å²) in [4.78, 5) is 15.6. The van der Waals surface area contributed by atoms with E-state index >= 15 is 0 Å². The van der Waals surface area contributed by atoms with Crippen LogP contribution in [0, 0.1) is 5.41 Å². The Hall–Kier alpha value is -2.40. The maximum absolute atomic E-state index is 13.7. The van der Waals surface area contributed by atoms with Gasteiger partial charge in [0.05, 0.1) is 29.8 Å². The van der Waals surface area contributed by atoms with Gasteiger partial charge in [0.25, 0.3) is 0 Å². The number of likely N-dealkylation sites (tertiary alicyclic amines) is 1. The number of hydrogen-bond acceptors (Lipinski definition) is 4. The third kappa shape index (κ3) is 4.86. The van der Waals surface area contributed by atoms with Gasteiger partial charge in [-0.2, -0.15) is 18.3 Å². The fourth-order valence-corrected chi connectivity index (χ4v) is 5.81. The zero-order valence-electron chi connectivity index (χ0n) is 19.2. The molecule has 2 saturated heterocycles. The number of rotatable bonds is 4. The van der Waals surface area contributed by atoms with Crippen molar-refractivity contribution in [1.82, 2.24) is 19.4 Å². The highest BCUT2D eigenvalue weighted by atomic mass is 32.2. The highest BCUT2D eigenvalue weighted by Gasteiger charge is 2.44. The van der Waals surface area contributed by atoms with Gasteiger partial charge in [-0.1, -0.05) is 19.1 Å². The zero-order valence-corrected chi connectivity index (χ0v) is 20.0. The summed E-state index contributed by atoms with van der Waals surface area (Å²) in [5.41, 5.74) is 0.595. The molecule has 1 N–H and O–H groups in total. The van der Waals surface area contributed by atoms with Crippen molar-refractivity contribution >= 4 is 15.9 Å². The Morgan fingerprint density at radius 1 is 1.12 bits per heavy atom. The Labute approximate surface area is 197 Å². The van der Waals surface area contributed by atoms with Crippen molar-refractivity contribution in [3.63, 3.8) is 0 Å². The van der Waals surface area contributed by atoms with Crippen molar-refractivity contribution in [3.8, 4) is 11.1 Å². The third-order valence-electron chi connectivity index (χ3n) is 7.10. The van der Waals surface area contributed by atoms with Gasteiger partial charge in [0, 0.05) is 30.6 Å². The molecule has 1 unspecified atom stereocenters. The van der Waals surface area contributed by atoms with Crippen LogP contribution in [0.5, 0.6) is 0 Å². The van der Waals surface area contributed by atoms with Crippen LogP contribution < -0.4 is 0 Å². The van der Waals surface area contributed by atoms with Gasteiger partial charge in [-0.15, -0.1) is 0 Å². The molecule has 1 amide bonds. The highest BCUT2D eigenvalue weighted by Crippen LogP contribution is 2.41. The van der Waals surface area contributed by atoms with Gasteiger partial charge in [0.2, 0.25) is 15.9 Å². The molecule has 7 nitrogen and oxygen atoms in total. The quantitative estimate of drug-likeness (QED) is 0.684. The largest absolute Gasteiger partial charge is 0.416 e. The fraction of sp³-hybridized carbons (Fsp3) is 0.565. The number of alkyl halides is 3. The molecule has 0 spiro atoms. The summed E-state index contributed by atoms with van der Waals surface area (Å²) in [6, 6.07) is 4.67. The van der Waals surface area contributed by atoms with Crippen molar-refractivity contribution in [1.29, 1.82) is 0 Å². The highest BCUT2D eigenvalue weighted by molar-refractivity contribution is 7.88. The molecule has 11 heteroatoms. The number of aromatic amines is 1. The number of carbonyl (C=O) groups is 1. The molecule has 2 fully saturated rings. The SMILES string of the molecule is CC1(C(=O)N2CCCCC2c2[nH]ncc2-c2ccc(C(F)(F)F)cc2)CCN(S(C)(=O)=O)CC1. The van der Waals surface area contributed by atoms with Gasteiger partial charge in [-0.25, -0.2) is 12.7 Å². The van der Waals surface area contributed by atoms with Gasteiger partial charge in [0.15, 0.2) is 0 Å². The van der Waals surface area contributed by atoms with Crippen molar-refractivity contribution in [2.75, 3.05) is 25.9 Å².